The van der Waals surface area contributed by atoms with Gasteiger partial charge in [-0.3, -0.25) is 4.79 Å². The second-order valence-electron chi connectivity index (χ2n) is 4.82. The van der Waals surface area contributed by atoms with Gasteiger partial charge in [0.15, 0.2) is 0 Å². The van der Waals surface area contributed by atoms with Crippen molar-refractivity contribution < 1.29 is 9.53 Å². The zero-order valence-electron chi connectivity index (χ0n) is 10.1. The normalized spacial score (nSPS) is 24.3. The van der Waals surface area contributed by atoms with Crippen LogP contribution in [0.2, 0.25) is 0 Å². The molecule has 16 heavy (non-hydrogen) atoms. The first-order valence-corrected chi connectivity index (χ1v) is 6.34. The van der Waals surface area contributed by atoms with Crippen molar-refractivity contribution in [3.63, 3.8) is 0 Å². The predicted molar refractivity (Wildman–Crippen MR) is 62.2 cm³/mol. The molecule has 2 saturated heterocycles. The number of hydrogen-bond donors (Lipinski definition) is 1. The molecule has 0 bridgehead atoms. The number of nitrogens with zero attached hydrogens (tertiary/aromatic N) is 1. The third kappa shape index (κ3) is 2.74. The fourth-order valence-corrected chi connectivity index (χ4v) is 2.61. The molecule has 4 nitrogen and oxygen atoms in total. The van der Waals surface area contributed by atoms with Crippen molar-refractivity contribution in [3.05, 3.63) is 0 Å². The van der Waals surface area contributed by atoms with Gasteiger partial charge in [-0.15, -0.1) is 0 Å². The van der Waals surface area contributed by atoms with E-state index in [-0.39, 0.29) is 5.92 Å². The minimum Gasteiger partial charge on any atom is -0.381 e. The smallest absolute Gasteiger partial charge is 0.225 e. The Kier molecular flexibility index (Phi) is 4.18. The largest absolute Gasteiger partial charge is 0.381 e. The first-order valence-electron chi connectivity index (χ1n) is 6.34. The van der Waals surface area contributed by atoms with E-state index in [2.05, 4.69) is 5.32 Å². The second kappa shape index (κ2) is 5.64. The number of rotatable bonds is 2. The Morgan fingerprint density at radius 3 is 2.44 bits per heavy atom. The van der Waals surface area contributed by atoms with Gasteiger partial charge < -0.3 is 15.0 Å². The first-order chi connectivity index (χ1) is 7.79. The SMILES string of the molecule is CN(C(=O)C1CCNCC1)C1CCOCC1. The Labute approximate surface area is 97.3 Å². The van der Waals surface area contributed by atoms with Crippen LogP contribution in [0, 0.1) is 5.92 Å². The monoisotopic (exact) mass is 226 g/mol. The lowest BCUT2D eigenvalue weighted by Gasteiger charge is -2.34. The van der Waals surface area contributed by atoms with Crippen LogP contribution >= 0.6 is 0 Å². The van der Waals surface area contributed by atoms with Gasteiger partial charge >= 0.3 is 0 Å². The molecule has 1 amide bonds. The van der Waals surface area contributed by atoms with Crippen molar-refractivity contribution in [3.8, 4) is 0 Å². The molecule has 2 rings (SSSR count). The quantitative estimate of drug-likeness (QED) is 0.750. The summed E-state index contributed by atoms with van der Waals surface area (Å²) in [7, 11) is 1.96. The van der Waals surface area contributed by atoms with Crippen LogP contribution in [0.4, 0.5) is 0 Å². The number of hydrogen-bond acceptors (Lipinski definition) is 3. The molecular weight excluding hydrogens is 204 g/mol. The molecule has 0 saturated carbocycles. The highest BCUT2D eigenvalue weighted by atomic mass is 16.5. The number of nitrogens with one attached hydrogen (secondary N) is 1. The second-order valence-corrected chi connectivity index (χ2v) is 4.82. The zero-order chi connectivity index (χ0) is 11.4. The summed E-state index contributed by atoms with van der Waals surface area (Å²) in [6.45, 7) is 3.57. The maximum absolute atomic E-state index is 12.3. The Morgan fingerprint density at radius 1 is 1.19 bits per heavy atom. The summed E-state index contributed by atoms with van der Waals surface area (Å²) in [5.41, 5.74) is 0. The number of amides is 1. The molecular formula is C12H22N2O2. The van der Waals surface area contributed by atoms with E-state index in [1.807, 2.05) is 11.9 Å². The Morgan fingerprint density at radius 2 is 1.81 bits per heavy atom. The number of piperidine rings is 1. The summed E-state index contributed by atoms with van der Waals surface area (Å²) in [6.07, 6.45) is 3.97. The molecule has 0 aromatic heterocycles. The molecule has 0 atom stereocenters. The number of carbonyl (C=O) groups is 1. The van der Waals surface area contributed by atoms with Crippen molar-refractivity contribution >= 4 is 5.91 Å². The fourth-order valence-electron chi connectivity index (χ4n) is 2.61. The maximum Gasteiger partial charge on any atom is 0.225 e. The van der Waals surface area contributed by atoms with E-state index >= 15 is 0 Å². The summed E-state index contributed by atoms with van der Waals surface area (Å²) < 4.78 is 5.33. The van der Waals surface area contributed by atoms with E-state index in [4.69, 9.17) is 4.74 Å². The number of ether oxygens (including phenoxy) is 1. The van der Waals surface area contributed by atoms with Gasteiger partial charge in [0.25, 0.3) is 0 Å². The molecule has 2 aliphatic rings. The molecule has 0 radical (unpaired) electrons. The Hall–Kier alpha value is -0.610. The summed E-state index contributed by atoms with van der Waals surface area (Å²) >= 11 is 0. The van der Waals surface area contributed by atoms with Crippen LogP contribution in [0.15, 0.2) is 0 Å². The van der Waals surface area contributed by atoms with Crippen molar-refractivity contribution in [2.75, 3.05) is 33.4 Å². The van der Waals surface area contributed by atoms with E-state index in [1.165, 1.54) is 0 Å². The lowest BCUT2D eigenvalue weighted by Crippen LogP contribution is -2.45. The van der Waals surface area contributed by atoms with Gasteiger partial charge in [-0.25, -0.2) is 0 Å². The van der Waals surface area contributed by atoms with E-state index in [9.17, 15) is 4.79 Å². The third-order valence-corrected chi connectivity index (χ3v) is 3.77. The van der Waals surface area contributed by atoms with E-state index in [0.717, 1.165) is 52.0 Å². The minimum atomic E-state index is 0.245. The summed E-state index contributed by atoms with van der Waals surface area (Å²) in [6, 6.07) is 0.399. The van der Waals surface area contributed by atoms with E-state index in [0.29, 0.717) is 11.9 Å². The van der Waals surface area contributed by atoms with Gasteiger partial charge in [-0.05, 0) is 38.8 Å². The van der Waals surface area contributed by atoms with E-state index in [1.54, 1.807) is 0 Å². The van der Waals surface area contributed by atoms with Crippen LogP contribution in [0.25, 0.3) is 0 Å². The zero-order valence-corrected chi connectivity index (χ0v) is 10.1. The molecule has 0 aromatic rings. The van der Waals surface area contributed by atoms with Crippen molar-refractivity contribution in [2.45, 2.75) is 31.7 Å². The van der Waals surface area contributed by atoms with Gasteiger partial charge in [-0.1, -0.05) is 0 Å². The van der Waals surface area contributed by atoms with Gasteiger partial charge in [0.05, 0.1) is 0 Å². The lowest BCUT2D eigenvalue weighted by molar-refractivity contribution is -0.138. The third-order valence-electron chi connectivity index (χ3n) is 3.77. The fraction of sp³-hybridized carbons (Fsp3) is 0.917. The Balaban J connectivity index is 1.86. The van der Waals surface area contributed by atoms with Gasteiger partial charge in [0.1, 0.15) is 0 Å². The predicted octanol–water partition coefficient (Wildman–Crippen LogP) is 0.623. The molecule has 2 fully saturated rings. The summed E-state index contributed by atoms with van der Waals surface area (Å²) in [5.74, 6) is 0.586. The molecule has 2 aliphatic heterocycles. The molecule has 0 unspecified atom stereocenters. The van der Waals surface area contributed by atoms with Crippen LogP contribution in [-0.2, 0) is 9.53 Å². The maximum atomic E-state index is 12.3. The van der Waals surface area contributed by atoms with Crippen LogP contribution in [0.5, 0.6) is 0 Å². The summed E-state index contributed by atoms with van der Waals surface area (Å²) in [5, 5.41) is 3.30. The lowest BCUT2D eigenvalue weighted by atomic mass is 9.95. The topological polar surface area (TPSA) is 41.6 Å². The van der Waals surface area contributed by atoms with Crippen LogP contribution in [0.1, 0.15) is 25.7 Å². The molecule has 4 heteroatoms. The highest BCUT2D eigenvalue weighted by Gasteiger charge is 2.28. The average molecular weight is 226 g/mol. The molecule has 2 heterocycles. The molecule has 0 spiro atoms. The van der Waals surface area contributed by atoms with E-state index < -0.39 is 0 Å². The molecule has 0 aromatic carbocycles. The van der Waals surface area contributed by atoms with Crippen LogP contribution in [-0.4, -0.2) is 50.2 Å². The van der Waals surface area contributed by atoms with Gasteiger partial charge in [0.2, 0.25) is 5.91 Å². The standard InChI is InChI=1S/C12H22N2O2/c1-14(11-4-8-16-9-5-11)12(15)10-2-6-13-7-3-10/h10-11,13H,2-9H2,1H3. The molecule has 0 aliphatic carbocycles. The minimum absolute atomic E-state index is 0.245. The van der Waals surface area contributed by atoms with Crippen molar-refractivity contribution in [2.24, 2.45) is 5.92 Å². The van der Waals surface area contributed by atoms with Gasteiger partial charge in [0, 0.05) is 32.2 Å². The first kappa shape index (κ1) is 11.9. The molecule has 1 N–H and O–H groups in total. The molecule has 92 valence electrons. The highest BCUT2D eigenvalue weighted by Crippen LogP contribution is 2.19. The van der Waals surface area contributed by atoms with Gasteiger partial charge in [-0.2, -0.15) is 0 Å². The Bertz CT molecular complexity index is 233. The number of carbonyl (C=O) groups excluding carboxylic acids is 1. The highest BCUT2D eigenvalue weighted by molar-refractivity contribution is 5.79. The average Bonchev–Trinajstić information content (AvgIpc) is 2.39. The summed E-state index contributed by atoms with van der Waals surface area (Å²) in [4.78, 5) is 14.2. The van der Waals surface area contributed by atoms with Crippen molar-refractivity contribution in [1.82, 2.24) is 10.2 Å². The van der Waals surface area contributed by atoms with Crippen LogP contribution in [0.3, 0.4) is 0 Å². The van der Waals surface area contributed by atoms with Crippen LogP contribution < -0.4 is 5.32 Å². The van der Waals surface area contributed by atoms with Crippen molar-refractivity contribution in [1.29, 1.82) is 0 Å².